The maximum atomic E-state index is 13.8. The van der Waals surface area contributed by atoms with Gasteiger partial charge in [-0.25, -0.2) is 13.8 Å². The zero-order chi connectivity index (χ0) is 18.1. The molecular formula is C20H12F2N2OS. The number of hydrogen-bond acceptors (Lipinski definition) is 4. The first kappa shape index (κ1) is 16.5. The van der Waals surface area contributed by atoms with Gasteiger partial charge in [0, 0.05) is 30.4 Å². The zero-order valence-corrected chi connectivity index (χ0v) is 14.3. The highest BCUT2D eigenvalue weighted by atomic mass is 32.1. The summed E-state index contributed by atoms with van der Waals surface area (Å²) < 4.78 is 27.8. The van der Waals surface area contributed by atoms with Crippen LogP contribution in [0, 0.1) is 11.6 Å². The van der Waals surface area contributed by atoms with E-state index in [-0.39, 0.29) is 12.0 Å². The smallest absolute Gasteiger partial charge is 0.170 e. The molecule has 0 amide bonds. The van der Waals surface area contributed by atoms with Crippen molar-refractivity contribution in [2.75, 3.05) is 0 Å². The molecule has 128 valence electrons. The van der Waals surface area contributed by atoms with E-state index in [1.807, 2.05) is 24.3 Å². The van der Waals surface area contributed by atoms with E-state index in [1.54, 1.807) is 18.5 Å². The molecule has 0 radical (unpaired) electrons. The lowest BCUT2D eigenvalue weighted by Crippen LogP contribution is -2.06. The summed E-state index contributed by atoms with van der Waals surface area (Å²) >= 11 is 1.52. The predicted octanol–water partition coefficient (Wildman–Crippen LogP) is 5.06. The highest BCUT2D eigenvalue weighted by Crippen LogP contribution is 2.30. The van der Waals surface area contributed by atoms with Gasteiger partial charge in [0.1, 0.15) is 16.6 Å². The van der Waals surface area contributed by atoms with Gasteiger partial charge in [0.05, 0.1) is 15.8 Å². The summed E-state index contributed by atoms with van der Waals surface area (Å²) in [6.07, 6.45) is 3.49. The largest absolute Gasteiger partial charge is 0.294 e. The first-order valence-corrected chi connectivity index (χ1v) is 8.70. The fraction of sp³-hybridized carbons (Fsp3) is 0.0500. The molecule has 26 heavy (non-hydrogen) atoms. The maximum Gasteiger partial charge on any atom is 0.170 e. The molecular weight excluding hydrogens is 354 g/mol. The average molecular weight is 366 g/mol. The Morgan fingerprint density at radius 3 is 2.77 bits per heavy atom. The van der Waals surface area contributed by atoms with E-state index >= 15 is 0 Å². The number of rotatable bonds is 4. The lowest BCUT2D eigenvalue weighted by atomic mass is 10.0. The Balaban J connectivity index is 1.62. The van der Waals surface area contributed by atoms with Gasteiger partial charge < -0.3 is 0 Å². The standard InChI is InChI=1S/C20H12F2N2OS/c21-14-4-5-15(16(22)10-14)18(25)9-12-2-1-3-13(8-12)20-24-17-6-7-23-11-19(17)26-20/h1-8,10-11H,9H2. The van der Waals surface area contributed by atoms with Crippen LogP contribution in [0.25, 0.3) is 20.8 Å². The Morgan fingerprint density at radius 2 is 1.96 bits per heavy atom. The Labute approximate surface area is 152 Å². The van der Waals surface area contributed by atoms with Crippen molar-refractivity contribution in [1.82, 2.24) is 9.97 Å². The van der Waals surface area contributed by atoms with Crippen LogP contribution in [0.5, 0.6) is 0 Å². The second-order valence-corrected chi connectivity index (χ2v) is 6.82. The molecule has 0 aliphatic carbocycles. The number of benzene rings is 2. The summed E-state index contributed by atoms with van der Waals surface area (Å²) in [7, 11) is 0. The third-order valence-electron chi connectivity index (χ3n) is 3.96. The van der Waals surface area contributed by atoms with E-state index in [0.29, 0.717) is 0 Å². The number of hydrogen-bond donors (Lipinski definition) is 0. The lowest BCUT2D eigenvalue weighted by molar-refractivity contribution is 0.0989. The number of pyridine rings is 1. The van der Waals surface area contributed by atoms with E-state index in [1.165, 1.54) is 17.4 Å². The minimum Gasteiger partial charge on any atom is -0.294 e. The summed E-state index contributed by atoms with van der Waals surface area (Å²) in [6, 6.07) is 12.3. The van der Waals surface area contributed by atoms with Gasteiger partial charge in [0.15, 0.2) is 5.78 Å². The fourth-order valence-corrected chi connectivity index (χ4v) is 3.64. The Bertz CT molecular complexity index is 1090. The number of fused-ring (bicyclic) bond motifs is 1. The van der Waals surface area contributed by atoms with Crippen molar-refractivity contribution in [2.45, 2.75) is 6.42 Å². The third-order valence-corrected chi connectivity index (χ3v) is 5.02. The van der Waals surface area contributed by atoms with Crippen LogP contribution in [0.1, 0.15) is 15.9 Å². The van der Waals surface area contributed by atoms with Gasteiger partial charge >= 0.3 is 0 Å². The van der Waals surface area contributed by atoms with Crippen molar-refractivity contribution in [3.05, 3.63) is 83.7 Å². The van der Waals surface area contributed by atoms with E-state index < -0.39 is 17.4 Å². The number of thiazole rings is 1. The topological polar surface area (TPSA) is 42.9 Å². The summed E-state index contributed by atoms with van der Waals surface area (Å²) in [5.41, 5.74) is 2.39. The molecule has 0 saturated heterocycles. The van der Waals surface area contributed by atoms with Crippen LogP contribution in [0.2, 0.25) is 0 Å². The zero-order valence-electron chi connectivity index (χ0n) is 13.4. The molecule has 0 atom stereocenters. The number of carbonyl (C=O) groups excluding carboxylic acids is 1. The van der Waals surface area contributed by atoms with E-state index in [4.69, 9.17) is 0 Å². The van der Waals surface area contributed by atoms with Crippen LogP contribution in [0.4, 0.5) is 8.78 Å². The van der Waals surface area contributed by atoms with Crippen molar-refractivity contribution in [2.24, 2.45) is 0 Å². The van der Waals surface area contributed by atoms with Crippen molar-refractivity contribution in [1.29, 1.82) is 0 Å². The molecule has 0 bridgehead atoms. The molecule has 0 spiro atoms. The summed E-state index contributed by atoms with van der Waals surface area (Å²) in [6.45, 7) is 0. The van der Waals surface area contributed by atoms with Crippen LogP contribution in [-0.2, 0) is 6.42 Å². The first-order valence-electron chi connectivity index (χ1n) is 7.88. The van der Waals surface area contributed by atoms with Crippen LogP contribution >= 0.6 is 11.3 Å². The van der Waals surface area contributed by atoms with Gasteiger partial charge in [-0.3, -0.25) is 9.78 Å². The van der Waals surface area contributed by atoms with E-state index in [0.717, 1.165) is 38.5 Å². The first-order chi connectivity index (χ1) is 12.6. The van der Waals surface area contributed by atoms with Crippen LogP contribution in [-0.4, -0.2) is 15.8 Å². The normalized spacial score (nSPS) is 11.0. The molecule has 2 heterocycles. The monoisotopic (exact) mass is 366 g/mol. The third kappa shape index (κ3) is 3.23. The number of Topliss-reactive ketones (excluding diaryl/α,β-unsaturated/α-hetero) is 1. The molecule has 0 aliphatic heterocycles. The summed E-state index contributed by atoms with van der Waals surface area (Å²) in [5, 5.41) is 0.829. The maximum absolute atomic E-state index is 13.8. The molecule has 0 aliphatic rings. The molecule has 0 fully saturated rings. The van der Waals surface area contributed by atoms with E-state index in [2.05, 4.69) is 9.97 Å². The molecule has 2 aromatic heterocycles. The second-order valence-electron chi connectivity index (χ2n) is 5.79. The summed E-state index contributed by atoms with van der Waals surface area (Å²) in [4.78, 5) is 21.0. The van der Waals surface area contributed by atoms with Gasteiger partial charge in [-0.05, 0) is 29.8 Å². The van der Waals surface area contributed by atoms with Crippen molar-refractivity contribution in [3.8, 4) is 10.6 Å². The SMILES string of the molecule is O=C(Cc1cccc(-c2nc3ccncc3s2)c1)c1ccc(F)cc1F. The van der Waals surface area contributed by atoms with Gasteiger partial charge in [-0.1, -0.05) is 18.2 Å². The number of nitrogens with zero attached hydrogens (tertiary/aromatic N) is 2. The molecule has 6 heteroatoms. The average Bonchev–Trinajstić information content (AvgIpc) is 3.06. The van der Waals surface area contributed by atoms with E-state index in [9.17, 15) is 13.6 Å². The van der Waals surface area contributed by atoms with Crippen molar-refractivity contribution >= 4 is 27.3 Å². The molecule has 0 N–H and O–H groups in total. The number of carbonyl (C=O) groups is 1. The van der Waals surface area contributed by atoms with Gasteiger partial charge in [0.25, 0.3) is 0 Å². The van der Waals surface area contributed by atoms with Gasteiger partial charge in [0.2, 0.25) is 0 Å². The highest BCUT2D eigenvalue weighted by molar-refractivity contribution is 7.21. The quantitative estimate of drug-likeness (QED) is 0.474. The van der Waals surface area contributed by atoms with Gasteiger partial charge in [-0.15, -0.1) is 11.3 Å². The number of halogens is 2. The Morgan fingerprint density at radius 1 is 1.08 bits per heavy atom. The minimum atomic E-state index is -0.843. The molecule has 2 aromatic carbocycles. The van der Waals surface area contributed by atoms with Crippen molar-refractivity contribution < 1.29 is 13.6 Å². The number of ketones is 1. The predicted molar refractivity (Wildman–Crippen MR) is 97.2 cm³/mol. The Kier molecular flexibility index (Phi) is 4.26. The molecule has 3 nitrogen and oxygen atoms in total. The van der Waals surface area contributed by atoms with Gasteiger partial charge in [-0.2, -0.15) is 0 Å². The minimum absolute atomic E-state index is 0.0306. The second kappa shape index (κ2) is 6.72. The number of aromatic nitrogens is 2. The fourth-order valence-electron chi connectivity index (χ4n) is 2.71. The van der Waals surface area contributed by atoms with Crippen LogP contribution in [0.3, 0.4) is 0 Å². The highest BCUT2D eigenvalue weighted by Gasteiger charge is 2.14. The molecule has 0 unspecified atom stereocenters. The van der Waals surface area contributed by atoms with Crippen LogP contribution in [0.15, 0.2) is 60.9 Å². The Hall–Kier alpha value is -2.99. The summed E-state index contributed by atoms with van der Waals surface area (Å²) in [5.74, 6) is -1.94. The van der Waals surface area contributed by atoms with Crippen LogP contribution < -0.4 is 0 Å². The lowest BCUT2D eigenvalue weighted by Gasteiger charge is -2.05. The van der Waals surface area contributed by atoms with Crippen molar-refractivity contribution in [3.63, 3.8) is 0 Å². The molecule has 4 rings (SSSR count). The molecule has 0 saturated carbocycles. The molecule has 4 aromatic rings.